The first-order valence-corrected chi connectivity index (χ1v) is 7.56. The summed E-state index contributed by atoms with van der Waals surface area (Å²) >= 11 is 1.46. The van der Waals surface area contributed by atoms with Crippen LogP contribution in [0.4, 0.5) is 0 Å². The Morgan fingerprint density at radius 1 is 1.43 bits per heavy atom. The number of thioether (sulfide) groups is 1. The van der Waals surface area contributed by atoms with Crippen molar-refractivity contribution in [2.24, 2.45) is 5.73 Å². The fourth-order valence-corrected chi connectivity index (χ4v) is 2.43. The van der Waals surface area contributed by atoms with Crippen molar-refractivity contribution in [3.8, 4) is 11.5 Å². The predicted octanol–water partition coefficient (Wildman–Crippen LogP) is 1.78. The van der Waals surface area contributed by atoms with Gasteiger partial charge in [0, 0.05) is 11.3 Å². The van der Waals surface area contributed by atoms with Gasteiger partial charge in [-0.05, 0) is 19.1 Å². The lowest BCUT2D eigenvalue weighted by atomic mass is 10.1. The second-order valence-electron chi connectivity index (χ2n) is 4.53. The van der Waals surface area contributed by atoms with Crippen LogP contribution in [0.5, 0.6) is 0 Å². The highest BCUT2D eigenvalue weighted by Crippen LogP contribution is 2.19. The Morgan fingerprint density at radius 2 is 2.14 bits per heavy atom. The number of aromatic nitrogens is 2. The third-order valence-corrected chi connectivity index (χ3v) is 3.86. The predicted molar refractivity (Wildman–Crippen MR) is 80.6 cm³/mol. The molecule has 7 heteroatoms. The molecule has 0 radical (unpaired) electrons. The molecule has 2 rings (SSSR count). The lowest BCUT2D eigenvalue weighted by molar-refractivity contribution is -0.141. The van der Waals surface area contributed by atoms with Crippen LogP contribution in [0.15, 0.2) is 28.8 Å². The summed E-state index contributed by atoms with van der Waals surface area (Å²) in [5.74, 6) is 1.62. The number of benzene rings is 1. The highest BCUT2D eigenvalue weighted by atomic mass is 32.2. The Hall–Kier alpha value is -1.86. The molecule has 112 valence electrons. The minimum atomic E-state index is -0.636. The molecular weight excluding hydrogens is 290 g/mol. The maximum atomic E-state index is 11.2. The first-order chi connectivity index (χ1) is 10.1. The summed E-state index contributed by atoms with van der Waals surface area (Å²) in [6.07, 6.45) is 0. The van der Waals surface area contributed by atoms with Gasteiger partial charge in [-0.2, -0.15) is 16.7 Å². The van der Waals surface area contributed by atoms with Gasteiger partial charge in [0.2, 0.25) is 0 Å². The minimum absolute atomic E-state index is 0.420. The monoisotopic (exact) mass is 307 g/mol. The number of esters is 1. The second-order valence-corrected chi connectivity index (χ2v) is 5.56. The summed E-state index contributed by atoms with van der Waals surface area (Å²) in [6, 6.07) is 7.22. The zero-order chi connectivity index (χ0) is 15.2. The normalized spacial score (nSPS) is 12.1. The van der Waals surface area contributed by atoms with Crippen molar-refractivity contribution < 1.29 is 14.1 Å². The molecule has 0 amide bonds. The molecule has 6 nitrogen and oxygen atoms in total. The van der Waals surface area contributed by atoms with Crippen molar-refractivity contribution in [1.82, 2.24) is 10.1 Å². The molecule has 0 aliphatic rings. The van der Waals surface area contributed by atoms with Gasteiger partial charge >= 0.3 is 5.97 Å². The maximum absolute atomic E-state index is 11.2. The molecule has 1 heterocycles. The largest absolute Gasteiger partial charge is 0.468 e. The van der Waals surface area contributed by atoms with Crippen LogP contribution in [0, 0.1) is 6.92 Å². The summed E-state index contributed by atoms with van der Waals surface area (Å²) in [4.78, 5) is 15.5. The van der Waals surface area contributed by atoms with E-state index < -0.39 is 12.0 Å². The van der Waals surface area contributed by atoms with Crippen LogP contribution in [-0.2, 0) is 15.3 Å². The number of carbonyl (C=O) groups excluding carboxylic acids is 1. The van der Waals surface area contributed by atoms with Gasteiger partial charge in [0.15, 0.2) is 5.82 Å². The van der Waals surface area contributed by atoms with E-state index in [0.29, 0.717) is 23.2 Å². The highest BCUT2D eigenvalue weighted by molar-refractivity contribution is 7.98. The van der Waals surface area contributed by atoms with E-state index in [9.17, 15) is 4.79 Å². The number of hydrogen-bond donors (Lipinski definition) is 1. The molecule has 0 spiro atoms. The van der Waals surface area contributed by atoms with Crippen LogP contribution in [-0.4, -0.2) is 35.0 Å². The van der Waals surface area contributed by atoms with Crippen molar-refractivity contribution in [3.05, 3.63) is 35.7 Å². The van der Waals surface area contributed by atoms with Gasteiger partial charge in [0.05, 0.1) is 12.9 Å². The van der Waals surface area contributed by atoms with Gasteiger partial charge in [0.1, 0.15) is 6.04 Å². The first-order valence-electron chi connectivity index (χ1n) is 6.41. The lowest BCUT2D eigenvalue weighted by Crippen LogP contribution is -2.33. The maximum Gasteiger partial charge on any atom is 0.323 e. The molecule has 1 unspecified atom stereocenters. The van der Waals surface area contributed by atoms with E-state index >= 15 is 0 Å². The molecule has 0 bridgehead atoms. The van der Waals surface area contributed by atoms with E-state index in [0.717, 1.165) is 5.56 Å². The minimum Gasteiger partial charge on any atom is -0.468 e. The molecule has 1 atom stereocenters. The fraction of sp³-hybridized carbons (Fsp3) is 0.357. The van der Waals surface area contributed by atoms with Crippen molar-refractivity contribution >= 4 is 17.7 Å². The SMILES string of the molecule is COC(=O)C(N)CSCc1noc(-c2ccc(C)cc2)n1. The van der Waals surface area contributed by atoms with Gasteiger partial charge in [-0.25, -0.2) is 0 Å². The quantitative estimate of drug-likeness (QED) is 0.813. The lowest BCUT2D eigenvalue weighted by Gasteiger charge is -2.06. The number of ether oxygens (including phenoxy) is 1. The Bertz CT molecular complexity index is 598. The molecule has 2 N–H and O–H groups in total. The molecule has 0 fully saturated rings. The van der Waals surface area contributed by atoms with E-state index in [1.165, 1.54) is 24.4 Å². The molecule has 2 aromatic rings. The zero-order valence-electron chi connectivity index (χ0n) is 11.9. The van der Waals surface area contributed by atoms with E-state index in [2.05, 4.69) is 14.9 Å². The molecule has 0 aliphatic heterocycles. The number of carbonyl (C=O) groups is 1. The van der Waals surface area contributed by atoms with Crippen molar-refractivity contribution in [2.45, 2.75) is 18.7 Å². The molecule has 21 heavy (non-hydrogen) atoms. The molecule has 0 saturated heterocycles. The zero-order valence-corrected chi connectivity index (χ0v) is 12.7. The second kappa shape index (κ2) is 7.24. The number of hydrogen-bond acceptors (Lipinski definition) is 7. The average molecular weight is 307 g/mol. The number of nitrogens with two attached hydrogens (primary N) is 1. The number of methoxy groups -OCH3 is 1. The fourth-order valence-electron chi connectivity index (χ4n) is 1.62. The van der Waals surface area contributed by atoms with Crippen LogP contribution < -0.4 is 5.73 Å². The molecule has 0 aliphatic carbocycles. The molecule has 1 aromatic carbocycles. The summed E-state index contributed by atoms with van der Waals surface area (Å²) in [6.45, 7) is 2.02. The number of aryl methyl sites for hydroxylation is 1. The Labute approximate surface area is 127 Å². The summed E-state index contributed by atoms with van der Waals surface area (Å²) in [5, 5.41) is 3.91. The van der Waals surface area contributed by atoms with Crippen molar-refractivity contribution in [2.75, 3.05) is 12.9 Å². The van der Waals surface area contributed by atoms with Crippen LogP contribution in [0.1, 0.15) is 11.4 Å². The number of rotatable bonds is 6. The van der Waals surface area contributed by atoms with Crippen LogP contribution in [0.3, 0.4) is 0 Å². The highest BCUT2D eigenvalue weighted by Gasteiger charge is 2.14. The van der Waals surface area contributed by atoms with Crippen molar-refractivity contribution in [1.29, 1.82) is 0 Å². The molecule has 1 aromatic heterocycles. The van der Waals surface area contributed by atoms with E-state index in [1.807, 2.05) is 31.2 Å². The molecule has 0 saturated carbocycles. The third-order valence-electron chi connectivity index (χ3n) is 2.80. The third kappa shape index (κ3) is 4.30. The van der Waals surface area contributed by atoms with Gasteiger partial charge in [0.25, 0.3) is 5.89 Å². The van der Waals surface area contributed by atoms with Gasteiger partial charge < -0.3 is 15.0 Å². The average Bonchev–Trinajstić information content (AvgIpc) is 2.95. The molecular formula is C14H17N3O3S. The standard InChI is InChI=1S/C14H17N3O3S/c1-9-3-5-10(6-4-9)13-16-12(17-20-13)8-21-7-11(15)14(18)19-2/h3-6,11H,7-8,15H2,1-2H3. The summed E-state index contributed by atoms with van der Waals surface area (Å²) in [7, 11) is 1.32. The van der Waals surface area contributed by atoms with Gasteiger partial charge in [-0.1, -0.05) is 22.9 Å². The van der Waals surface area contributed by atoms with Crippen LogP contribution in [0.25, 0.3) is 11.5 Å². The van der Waals surface area contributed by atoms with Crippen molar-refractivity contribution in [3.63, 3.8) is 0 Å². The van der Waals surface area contributed by atoms with Gasteiger partial charge in [-0.3, -0.25) is 4.79 Å². The Kier molecular flexibility index (Phi) is 5.35. The van der Waals surface area contributed by atoms with Crippen LogP contribution in [0.2, 0.25) is 0 Å². The van der Waals surface area contributed by atoms with Crippen LogP contribution >= 0.6 is 11.8 Å². The number of nitrogens with zero attached hydrogens (tertiary/aromatic N) is 2. The van der Waals surface area contributed by atoms with Gasteiger partial charge in [-0.15, -0.1) is 0 Å². The van der Waals surface area contributed by atoms with E-state index in [1.54, 1.807) is 0 Å². The summed E-state index contributed by atoms with van der Waals surface area (Å²) in [5.41, 5.74) is 7.70. The topological polar surface area (TPSA) is 91.2 Å². The van der Waals surface area contributed by atoms with E-state index in [-0.39, 0.29) is 0 Å². The van der Waals surface area contributed by atoms with E-state index in [4.69, 9.17) is 10.3 Å². The smallest absolute Gasteiger partial charge is 0.323 e. The summed E-state index contributed by atoms with van der Waals surface area (Å²) < 4.78 is 9.78. The Balaban J connectivity index is 1.89. The Morgan fingerprint density at radius 3 is 2.81 bits per heavy atom. The first kappa shape index (κ1) is 15.5.